The molecule has 0 aliphatic rings. The first-order valence-corrected chi connectivity index (χ1v) is 6.81. The van der Waals surface area contributed by atoms with Crippen LogP contribution in [0.25, 0.3) is 0 Å². The van der Waals surface area contributed by atoms with E-state index in [0.717, 1.165) is 24.0 Å². The second-order valence-corrected chi connectivity index (χ2v) is 5.18. The van der Waals surface area contributed by atoms with Crippen LogP contribution in [0.5, 0.6) is 0 Å². The summed E-state index contributed by atoms with van der Waals surface area (Å²) in [5, 5.41) is 0. The largest absolute Gasteiger partial charge is 0.502 e. The fourth-order valence-electron chi connectivity index (χ4n) is 1.91. The summed E-state index contributed by atoms with van der Waals surface area (Å²) in [6.07, 6.45) is 9.03. The molecule has 0 aromatic carbocycles. The third-order valence-corrected chi connectivity index (χ3v) is 3.53. The molecule has 0 aliphatic heterocycles. The van der Waals surface area contributed by atoms with E-state index in [1.54, 1.807) is 7.11 Å². The molecule has 0 bridgehead atoms. The number of rotatable bonds is 10. The molecule has 0 saturated carbocycles. The Bertz CT molecular complexity index is 174. The monoisotopic (exact) mass is 226 g/mol. The number of ether oxygens (including phenoxy) is 1. The average Bonchev–Trinajstić information content (AvgIpc) is 2.28. The van der Waals surface area contributed by atoms with E-state index in [9.17, 15) is 0 Å². The molecule has 0 N–H and O–H groups in total. The number of allylic oxidation sites excluding steroid dienone is 1. The summed E-state index contributed by atoms with van der Waals surface area (Å²) in [6, 6.07) is 0. The van der Waals surface area contributed by atoms with Gasteiger partial charge in [0.2, 0.25) is 0 Å². The minimum absolute atomic E-state index is 0.855. The van der Waals surface area contributed by atoms with E-state index < -0.39 is 0 Å². The van der Waals surface area contributed by atoms with Crippen LogP contribution >= 0.6 is 0 Å². The van der Waals surface area contributed by atoms with Crippen molar-refractivity contribution in [3.63, 3.8) is 0 Å². The van der Waals surface area contributed by atoms with E-state index in [1.165, 1.54) is 38.5 Å². The van der Waals surface area contributed by atoms with Crippen molar-refractivity contribution in [1.82, 2.24) is 0 Å². The van der Waals surface area contributed by atoms with E-state index in [2.05, 4.69) is 27.4 Å². The molecular formula is C15H30O. The fourth-order valence-corrected chi connectivity index (χ4v) is 1.91. The van der Waals surface area contributed by atoms with Crippen molar-refractivity contribution in [2.24, 2.45) is 11.8 Å². The van der Waals surface area contributed by atoms with Crippen molar-refractivity contribution in [1.29, 1.82) is 0 Å². The maximum atomic E-state index is 5.06. The Hall–Kier alpha value is -0.460. The quantitative estimate of drug-likeness (QED) is 0.467. The summed E-state index contributed by atoms with van der Waals surface area (Å²) in [4.78, 5) is 0. The van der Waals surface area contributed by atoms with Crippen molar-refractivity contribution in [3.05, 3.63) is 12.3 Å². The Morgan fingerprint density at radius 1 is 1.06 bits per heavy atom. The second kappa shape index (κ2) is 9.74. The lowest BCUT2D eigenvalue weighted by Gasteiger charge is -2.13. The van der Waals surface area contributed by atoms with E-state index >= 15 is 0 Å². The predicted octanol–water partition coefficient (Wildman–Crippen LogP) is 5.17. The Kier molecular flexibility index (Phi) is 9.46. The topological polar surface area (TPSA) is 9.23 Å². The van der Waals surface area contributed by atoms with Gasteiger partial charge in [0, 0.05) is 6.42 Å². The van der Waals surface area contributed by atoms with Crippen LogP contribution in [0.15, 0.2) is 12.3 Å². The lowest BCUT2D eigenvalue weighted by Crippen LogP contribution is -1.98. The second-order valence-electron chi connectivity index (χ2n) is 5.18. The van der Waals surface area contributed by atoms with Crippen LogP contribution in [0.4, 0.5) is 0 Å². The molecule has 2 atom stereocenters. The van der Waals surface area contributed by atoms with Gasteiger partial charge in [0.15, 0.2) is 0 Å². The molecule has 0 saturated heterocycles. The Labute approximate surface area is 102 Å². The number of hydrogen-bond acceptors (Lipinski definition) is 1. The lowest BCUT2D eigenvalue weighted by atomic mass is 9.94. The summed E-state index contributed by atoms with van der Waals surface area (Å²) in [7, 11) is 1.71. The molecule has 0 aromatic heterocycles. The van der Waals surface area contributed by atoms with E-state index in [-0.39, 0.29) is 0 Å². The van der Waals surface area contributed by atoms with Gasteiger partial charge in [-0.05, 0) is 18.3 Å². The van der Waals surface area contributed by atoms with Gasteiger partial charge in [0.1, 0.15) is 0 Å². The molecule has 0 rings (SSSR count). The predicted molar refractivity (Wildman–Crippen MR) is 72.5 cm³/mol. The molecule has 0 fully saturated rings. The van der Waals surface area contributed by atoms with Crippen LogP contribution < -0.4 is 0 Å². The molecule has 1 heteroatoms. The number of hydrogen-bond donors (Lipinski definition) is 0. The van der Waals surface area contributed by atoms with Gasteiger partial charge in [-0.1, -0.05) is 59.5 Å². The molecule has 0 heterocycles. The van der Waals surface area contributed by atoms with Gasteiger partial charge in [-0.2, -0.15) is 0 Å². The van der Waals surface area contributed by atoms with Gasteiger partial charge < -0.3 is 4.74 Å². The minimum atomic E-state index is 0.855. The summed E-state index contributed by atoms with van der Waals surface area (Å²) in [5.41, 5.74) is 0. The standard InChI is InChI=1S/C15H30O/c1-6-13(2)9-7-10-14(3)11-8-12-15(4)16-5/h13-14H,4,6-12H2,1-3,5H3. The van der Waals surface area contributed by atoms with E-state index in [1.807, 2.05) is 0 Å². The third kappa shape index (κ3) is 8.82. The van der Waals surface area contributed by atoms with Crippen molar-refractivity contribution in [2.45, 2.75) is 65.7 Å². The molecule has 1 nitrogen and oxygen atoms in total. The van der Waals surface area contributed by atoms with Gasteiger partial charge >= 0.3 is 0 Å². The van der Waals surface area contributed by atoms with Crippen molar-refractivity contribution >= 4 is 0 Å². The van der Waals surface area contributed by atoms with Crippen LogP contribution in [0, 0.1) is 11.8 Å². The normalized spacial score (nSPS) is 14.5. The fraction of sp³-hybridized carbons (Fsp3) is 0.867. The molecule has 0 amide bonds. The third-order valence-electron chi connectivity index (χ3n) is 3.53. The smallest absolute Gasteiger partial charge is 0.0883 e. The Balaban J connectivity index is 3.37. The van der Waals surface area contributed by atoms with Crippen molar-refractivity contribution < 1.29 is 4.74 Å². The first kappa shape index (κ1) is 15.5. The zero-order valence-electron chi connectivity index (χ0n) is 11.7. The van der Waals surface area contributed by atoms with E-state index in [4.69, 9.17) is 4.74 Å². The SMILES string of the molecule is C=C(CCCC(C)CCCC(C)CC)OC. The van der Waals surface area contributed by atoms with Gasteiger partial charge in [0.25, 0.3) is 0 Å². The Morgan fingerprint density at radius 3 is 2.19 bits per heavy atom. The van der Waals surface area contributed by atoms with Crippen LogP contribution in [0.2, 0.25) is 0 Å². The highest BCUT2D eigenvalue weighted by Gasteiger charge is 2.04. The minimum Gasteiger partial charge on any atom is -0.502 e. The first-order valence-electron chi connectivity index (χ1n) is 6.81. The molecule has 0 radical (unpaired) electrons. The molecule has 0 spiro atoms. The highest BCUT2D eigenvalue weighted by Crippen LogP contribution is 2.19. The van der Waals surface area contributed by atoms with Gasteiger partial charge in [-0.15, -0.1) is 0 Å². The van der Waals surface area contributed by atoms with Crippen LogP contribution in [-0.2, 0) is 4.74 Å². The highest BCUT2D eigenvalue weighted by atomic mass is 16.5. The zero-order valence-corrected chi connectivity index (χ0v) is 11.7. The highest BCUT2D eigenvalue weighted by molar-refractivity contribution is 4.81. The summed E-state index contributed by atoms with van der Waals surface area (Å²) in [5.74, 6) is 2.68. The Morgan fingerprint density at radius 2 is 1.62 bits per heavy atom. The molecule has 16 heavy (non-hydrogen) atoms. The summed E-state index contributed by atoms with van der Waals surface area (Å²) >= 11 is 0. The number of methoxy groups -OCH3 is 1. The van der Waals surface area contributed by atoms with Gasteiger partial charge in [-0.25, -0.2) is 0 Å². The van der Waals surface area contributed by atoms with Crippen LogP contribution in [0.1, 0.15) is 65.7 Å². The van der Waals surface area contributed by atoms with E-state index in [0.29, 0.717) is 0 Å². The van der Waals surface area contributed by atoms with Gasteiger partial charge in [0.05, 0.1) is 12.9 Å². The lowest BCUT2D eigenvalue weighted by molar-refractivity contribution is 0.273. The summed E-state index contributed by atoms with van der Waals surface area (Å²) in [6.45, 7) is 10.8. The summed E-state index contributed by atoms with van der Waals surface area (Å²) < 4.78 is 5.06. The van der Waals surface area contributed by atoms with Crippen molar-refractivity contribution in [3.8, 4) is 0 Å². The molecule has 96 valence electrons. The van der Waals surface area contributed by atoms with Crippen molar-refractivity contribution in [2.75, 3.05) is 7.11 Å². The average molecular weight is 226 g/mol. The van der Waals surface area contributed by atoms with Gasteiger partial charge in [-0.3, -0.25) is 0 Å². The molecule has 0 aliphatic carbocycles. The van der Waals surface area contributed by atoms with Crippen LogP contribution in [-0.4, -0.2) is 7.11 Å². The molecule has 2 unspecified atom stereocenters. The van der Waals surface area contributed by atoms with Crippen LogP contribution in [0.3, 0.4) is 0 Å². The maximum absolute atomic E-state index is 5.06. The molecular weight excluding hydrogens is 196 g/mol. The zero-order chi connectivity index (χ0) is 12.4. The molecule has 0 aromatic rings. The maximum Gasteiger partial charge on any atom is 0.0883 e. The first-order chi connectivity index (χ1) is 7.60.